The van der Waals surface area contributed by atoms with Crippen molar-refractivity contribution in [3.8, 4) is 0 Å². The highest BCUT2D eigenvalue weighted by atomic mass is 31.1. The van der Waals surface area contributed by atoms with Crippen LogP contribution >= 0.6 is 9.03 Å². The van der Waals surface area contributed by atoms with Gasteiger partial charge >= 0.3 is 0 Å². The molecule has 0 spiro atoms. The SMILES string of the molecule is C=C(/C=C\C(C)C)OPO. The topological polar surface area (TPSA) is 29.5 Å². The van der Waals surface area contributed by atoms with Crippen molar-refractivity contribution in [1.82, 2.24) is 0 Å². The summed E-state index contributed by atoms with van der Waals surface area (Å²) < 4.78 is 4.69. The maximum absolute atomic E-state index is 8.31. The van der Waals surface area contributed by atoms with Gasteiger partial charge in [-0.05, 0) is 12.0 Å². The van der Waals surface area contributed by atoms with Gasteiger partial charge < -0.3 is 9.42 Å². The van der Waals surface area contributed by atoms with Gasteiger partial charge in [-0.3, -0.25) is 0 Å². The molecule has 1 unspecified atom stereocenters. The molecule has 2 nitrogen and oxygen atoms in total. The van der Waals surface area contributed by atoms with E-state index in [1.807, 2.05) is 6.08 Å². The van der Waals surface area contributed by atoms with Crippen LogP contribution in [0.1, 0.15) is 13.8 Å². The summed E-state index contributed by atoms with van der Waals surface area (Å²) in [5.74, 6) is 0.997. The van der Waals surface area contributed by atoms with Crippen molar-refractivity contribution in [3.05, 3.63) is 24.5 Å². The lowest BCUT2D eigenvalue weighted by Crippen LogP contribution is -1.79. The van der Waals surface area contributed by atoms with E-state index in [1.54, 1.807) is 6.08 Å². The molecule has 0 aromatic heterocycles. The molecule has 0 aliphatic heterocycles. The lowest BCUT2D eigenvalue weighted by atomic mass is 10.2. The Morgan fingerprint density at radius 3 is 2.70 bits per heavy atom. The average molecular weight is 160 g/mol. The van der Waals surface area contributed by atoms with Gasteiger partial charge in [0.15, 0.2) is 0 Å². The molecule has 0 aliphatic rings. The number of hydrogen-bond acceptors (Lipinski definition) is 2. The van der Waals surface area contributed by atoms with Crippen LogP contribution in [0.15, 0.2) is 24.5 Å². The Kier molecular flexibility index (Phi) is 5.27. The third kappa shape index (κ3) is 5.80. The van der Waals surface area contributed by atoms with Crippen molar-refractivity contribution < 1.29 is 9.42 Å². The molecule has 1 atom stereocenters. The predicted molar refractivity (Wildman–Crippen MR) is 44.7 cm³/mol. The van der Waals surface area contributed by atoms with E-state index in [2.05, 4.69) is 20.4 Å². The fourth-order valence-corrected chi connectivity index (χ4v) is 0.578. The van der Waals surface area contributed by atoms with Crippen LogP contribution in [0.25, 0.3) is 0 Å². The van der Waals surface area contributed by atoms with Crippen LogP contribution in [0.5, 0.6) is 0 Å². The van der Waals surface area contributed by atoms with Gasteiger partial charge in [-0.15, -0.1) is 0 Å². The summed E-state index contributed by atoms with van der Waals surface area (Å²) in [7, 11) is -0.509. The molecule has 0 bridgehead atoms. The van der Waals surface area contributed by atoms with Crippen LogP contribution in [-0.2, 0) is 4.52 Å². The molecule has 0 radical (unpaired) electrons. The van der Waals surface area contributed by atoms with Crippen LogP contribution in [0.3, 0.4) is 0 Å². The second-order valence-corrected chi connectivity index (χ2v) is 2.65. The first-order chi connectivity index (χ1) is 4.66. The minimum Gasteiger partial charge on any atom is -0.451 e. The molecule has 10 heavy (non-hydrogen) atoms. The minimum atomic E-state index is -0.509. The van der Waals surface area contributed by atoms with E-state index in [0.29, 0.717) is 11.7 Å². The van der Waals surface area contributed by atoms with Crippen molar-refractivity contribution in [2.24, 2.45) is 5.92 Å². The summed E-state index contributed by atoms with van der Waals surface area (Å²) in [6, 6.07) is 0. The second-order valence-electron chi connectivity index (χ2n) is 2.26. The highest BCUT2D eigenvalue weighted by Crippen LogP contribution is 2.12. The maximum atomic E-state index is 8.31. The Hall–Kier alpha value is -0.330. The van der Waals surface area contributed by atoms with Crippen LogP contribution in [0.4, 0.5) is 0 Å². The zero-order chi connectivity index (χ0) is 7.98. The van der Waals surface area contributed by atoms with E-state index in [0.717, 1.165) is 0 Å². The van der Waals surface area contributed by atoms with Crippen molar-refractivity contribution in [3.63, 3.8) is 0 Å². The summed E-state index contributed by atoms with van der Waals surface area (Å²) in [6.07, 6.45) is 3.72. The predicted octanol–water partition coefficient (Wildman–Crippen LogP) is 2.23. The molecule has 3 heteroatoms. The van der Waals surface area contributed by atoms with Gasteiger partial charge in [-0.25, -0.2) is 0 Å². The monoisotopic (exact) mass is 160 g/mol. The molecule has 58 valence electrons. The molecule has 0 saturated carbocycles. The Labute approximate surface area is 63.5 Å². The van der Waals surface area contributed by atoms with Crippen molar-refractivity contribution in [1.29, 1.82) is 0 Å². The first kappa shape index (κ1) is 9.67. The first-order valence-corrected chi connectivity index (χ1v) is 3.95. The van der Waals surface area contributed by atoms with E-state index >= 15 is 0 Å². The first-order valence-electron chi connectivity index (χ1n) is 3.10. The standard InChI is InChI=1S/C7H13O2P/c1-6(2)4-5-7(3)9-10-8/h4-6,8,10H,3H2,1-2H3/b5-4-. The zero-order valence-electron chi connectivity index (χ0n) is 6.29. The molecule has 0 rings (SSSR count). The third-order valence-corrected chi connectivity index (χ3v) is 1.20. The summed E-state index contributed by atoms with van der Waals surface area (Å²) in [6.45, 7) is 7.68. The third-order valence-electron chi connectivity index (χ3n) is 0.844. The van der Waals surface area contributed by atoms with Gasteiger partial charge in [0.05, 0.1) is 0 Å². The molecule has 0 aliphatic carbocycles. The van der Waals surface area contributed by atoms with Gasteiger partial charge in [0, 0.05) is 0 Å². The van der Waals surface area contributed by atoms with Gasteiger partial charge in [0.1, 0.15) is 5.76 Å². The molecule has 0 aromatic rings. The number of hydrogen-bond donors (Lipinski definition) is 1. The normalized spacial score (nSPS) is 12.0. The van der Waals surface area contributed by atoms with Crippen molar-refractivity contribution in [2.75, 3.05) is 0 Å². The zero-order valence-corrected chi connectivity index (χ0v) is 7.29. The van der Waals surface area contributed by atoms with Crippen molar-refractivity contribution >= 4 is 9.03 Å². The highest BCUT2D eigenvalue weighted by Gasteiger charge is 1.87. The molecule has 0 saturated heterocycles. The quantitative estimate of drug-likeness (QED) is 0.388. The van der Waals surface area contributed by atoms with Crippen LogP contribution in [0, 0.1) is 5.92 Å². The van der Waals surface area contributed by atoms with Gasteiger partial charge in [0.2, 0.25) is 9.03 Å². The highest BCUT2D eigenvalue weighted by molar-refractivity contribution is 7.25. The molecule has 0 amide bonds. The smallest absolute Gasteiger partial charge is 0.212 e. The molecular weight excluding hydrogens is 147 g/mol. The van der Waals surface area contributed by atoms with E-state index < -0.39 is 9.03 Å². The van der Waals surface area contributed by atoms with Crippen LogP contribution in [-0.4, -0.2) is 4.89 Å². The van der Waals surface area contributed by atoms with Gasteiger partial charge in [-0.2, -0.15) is 0 Å². The lowest BCUT2D eigenvalue weighted by molar-refractivity contribution is 0.439. The largest absolute Gasteiger partial charge is 0.451 e. The molecular formula is C7H13O2P. The van der Waals surface area contributed by atoms with Crippen molar-refractivity contribution in [2.45, 2.75) is 13.8 Å². The number of allylic oxidation sites excluding steroid dienone is 2. The maximum Gasteiger partial charge on any atom is 0.212 e. The number of rotatable bonds is 4. The molecule has 0 fully saturated rings. The Morgan fingerprint density at radius 2 is 2.30 bits per heavy atom. The molecule has 1 N–H and O–H groups in total. The van der Waals surface area contributed by atoms with Gasteiger partial charge in [0.25, 0.3) is 0 Å². The fraction of sp³-hybridized carbons (Fsp3) is 0.429. The van der Waals surface area contributed by atoms with E-state index in [-0.39, 0.29) is 0 Å². The molecule has 0 aromatic carbocycles. The van der Waals surface area contributed by atoms with Crippen LogP contribution < -0.4 is 0 Å². The van der Waals surface area contributed by atoms with E-state index in [1.165, 1.54) is 0 Å². The average Bonchev–Trinajstić information content (AvgIpc) is 1.85. The van der Waals surface area contributed by atoms with Gasteiger partial charge in [-0.1, -0.05) is 26.5 Å². The van der Waals surface area contributed by atoms with Crippen LogP contribution in [0.2, 0.25) is 0 Å². The summed E-state index contributed by atoms with van der Waals surface area (Å²) in [5, 5.41) is 0. The second kappa shape index (κ2) is 5.45. The Balaban J connectivity index is 3.56. The summed E-state index contributed by atoms with van der Waals surface area (Å²) >= 11 is 0. The summed E-state index contributed by atoms with van der Waals surface area (Å²) in [4.78, 5) is 8.31. The summed E-state index contributed by atoms with van der Waals surface area (Å²) in [5.41, 5.74) is 0. The lowest BCUT2D eigenvalue weighted by Gasteiger charge is -1.98. The fourth-order valence-electron chi connectivity index (χ4n) is 0.392. The Bertz CT molecular complexity index is 130. The van der Waals surface area contributed by atoms with E-state index in [9.17, 15) is 0 Å². The van der Waals surface area contributed by atoms with E-state index in [4.69, 9.17) is 9.42 Å². The minimum absolute atomic E-state index is 0.488. The Morgan fingerprint density at radius 1 is 1.70 bits per heavy atom. The molecule has 0 heterocycles.